The molecule has 1 aromatic rings. The van der Waals surface area contributed by atoms with E-state index in [0.717, 1.165) is 18.6 Å². The Bertz CT molecular complexity index is 409. The highest BCUT2D eigenvalue weighted by Crippen LogP contribution is 2.07. The van der Waals surface area contributed by atoms with Crippen molar-refractivity contribution < 1.29 is 19.1 Å². The molecule has 1 aromatic carbocycles. The van der Waals surface area contributed by atoms with Gasteiger partial charge in [0.05, 0.1) is 6.61 Å². The first-order valence-electron chi connectivity index (χ1n) is 5.82. The lowest BCUT2D eigenvalue weighted by Gasteiger charge is -1.98. The van der Waals surface area contributed by atoms with Crippen LogP contribution in [0.4, 0.5) is 0 Å². The van der Waals surface area contributed by atoms with Crippen LogP contribution in [-0.2, 0) is 14.3 Å². The van der Waals surface area contributed by atoms with Crippen LogP contribution in [0.2, 0.25) is 0 Å². The van der Waals surface area contributed by atoms with Crippen LogP contribution in [0.5, 0.6) is 5.75 Å². The number of hydrogen-bond donors (Lipinski definition) is 0. The number of benzene rings is 1. The number of ether oxygens (including phenoxy) is 2. The van der Waals surface area contributed by atoms with E-state index in [1.165, 1.54) is 0 Å². The molecule has 0 aliphatic rings. The minimum atomic E-state index is -0.434. The highest BCUT2D eigenvalue weighted by molar-refractivity contribution is 5.83. The van der Waals surface area contributed by atoms with Crippen molar-refractivity contribution in [1.29, 1.82) is 0 Å². The van der Waals surface area contributed by atoms with Crippen molar-refractivity contribution in [3.05, 3.63) is 55.6 Å². The molecule has 0 saturated heterocycles. The van der Waals surface area contributed by atoms with Crippen LogP contribution in [0.25, 0.3) is 0 Å². The highest BCUT2D eigenvalue weighted by atomic mass is 16.5. The fourth-order valence-corrected chi connectivity index (χ4v) is 0.908. The molecule has 0 saturated carbocycles. The summed E-state index contributed by atoms with van der Waals surface area (Å²) >= 11 is 0. The third-order valence-electron chi connectivity index (χ3n) is 1.74. The van der Waals surface area contributed by atoms with E-state index in [1.54, 1.807) is 24.3 Å². The van der Waals surface area contributed by atoms with Gasteiger partial charge in [-0.3, -0.25) is 0 Å². The molecular weight excluding hydrogens is 244 g/mol. The molecule has 4 nitrogen and oxygen atoms in total. The summed E-state index contributed by atoms with van der Waals surface area (Å²) in [6, 6.07) is 8.87. The van der Waals surface area contributed by atoms with Gasteiger partial charge in [-0.15, -0.1) is 0 Å². The van der Waals surface area contributed by atoms with E-state index >= 15 is 0 Å². The summed E-state index contributed by atoms with van der Waals surface area (Å²) in [5.41, 5.74) is 0. The molecule has 102 valence electrons. The number of hydrogen-bond acceptors (Lipinski definition) is 4. The SMILES string of the molecule is C=CC(=O)OCCC.C=CC(=O)Oc1ccccc1. The maximum Gasteiger partial charge on any atom is 0.335 e. The Hall–Kier alpha value is -2.36. The Kier molecular flexibility index (Phi) is 9.43. The first-order valence-corrected chi connectivity index (χ1v) is 5.82. The van der Waals surface area contributed by atoms with Crippen LogP contribution < -0.4 is 4.74 Å². The first-order chi connectivity index (χ1) is 9.13. The van der Waals surface area contributed by atoms with Gasteiger partial charge in [-0.2, -0.15) is 0 Å². The van der Waals surface area contributed by atoms with Gasteiger partial charge in [-0.05, 0) is 18.6 Å². The Morgan fingerprint density at radius 1 is 1.11 bits per heavy atom. The van der Waals surface area contributed by atoms with Gasteiger partial charge in [0.1, 0.15) is 5.75 Å². The molecule has 0 fully saturated rings. The highest BCUT2D eigenvalue weighted by Gasteiger charge is 1.95. The summed E-state index contributed by atoms with van der Waals surface area (Å²) in [4.78, 5) is 20.9. The number of carbonyl (C=O) groups is 2. The lowest BCUT2D eigenvalue weighted by atomic mass is 10.3. The minimum absolute atomic E-state index is 0.341. The van der Waals surface area contributed by atoms with Crippen LogP contribution in [-0.4, -0.2) is 18.5 Å². The summed E-state index contributed by atoms with van der Waals surface area (Å²) in [5, 5.41) is 0. The summed E-state index contributed by atoms with van der Waals surface area (Å²) in [5.74, 6) is -0.236. The van der Waals surface area contributed by atoms with E-state index in [-0.39, 0.29) is 5.97 Å². The molecule has 0 amide bonds. The Balaban J connectivity index is 0.000000362. The van der Waals surface area contributed by atoms with Crippen molar-refractivity contribution in [2.24, 2.45) is 0 Å². The molecule has 0 heterocycles. The van der Waals surface area contributed by atoms with Crippen molar-refractivity contribution in [2.75, 3.05) is 6.61 Å². The second-order valence-electron chi connectivity index (χ2n) is 3.31. The van der Waals surface area contributed by atoms with Gasteiger partial charge >= 0.3 is 11.9 Å². The molecule has 4 heteroatoms. The Morgan fingerprint density at radius 2 is 1.68 bits per heavy atom. The van der Waals surface area contributed by atoms with Crippen LogP contribution in [0.1, 0.15) is 13.3 Å². The topological polar surface area (TPSA) is 52.6 Å². The van der Waals surface area contributed by atoms with E-state index in [2.05, 4.69) is 17.9 Å². The van der Waals surface area contributed by atoms with Crippen molar-refractivity contribution in [3.63, 3.8) is 0 Å². The number of esters is 2. The largest absolute Gasteiger partial charge is 0.463 e. The van der Waals surface area contributed by atoms with Crippen molar-refractivity contribution >= 4 is 11.9 Å². The van der Waals surface area contributed by atoms with E-state index in [4.69, 9.17) is 4.74 Å². The van der Waals surface area contributed by atoms with Gasteiger partial charge in [-0.25, -0.2) is 9.59 Å². The van der Waals surface area contributed by atoms with Crippen LogP contribution in [0.15, 0.2) is 55.6 Å². The minimum Gasteiger partial charge on any atom is -0.463 e. The van der Waals surface area contributed by atoms with E-state index in [0.29, 0.717) is 12.4 Å². The second-order valence-corrected chi connectivity index (χ2v) is 3.31. The summed E-state index contributed by atoms with van der Waals surface area (Å²) in [7, 11) is 0. The Labute approximate surface area is 113 Å². The first kappa shape index (κ1) is 16.6. The monoisotopic (exact) mass is 262 g/mol. The lowest BCUT2D eigenvalue weighted by Crippen LogP contribution is -2.02. The molecule has 0 bridgehead atoms. The van der Waals surface area contributed by atoms with Gasteiger partial charge in [0.2, 0.25) is 0 Å². The summed E-state index contributed by atoms with van der Waals surface area (Å²) in [6.45, 7) is 8.95. The molecule has 0 aliphatic heterocycles. The average molecular weight is 262 g/mol. The quantitative estimate of drug-likeness (QED) is 0.465. The van der Waals surface area contributed by atoms with Gasteiger partial charge in [-0.1, -0.05) is 38.3 Å². The zero-order valence-electron chi connectivity index (χ0n) is 11.0. The van der Waals surface area contributed by atoms with E-state index in [1.807, 2.05) is 13.0 Å². The lowest BCUT2D eigenvalue weighted by molar-refractivity contribution is -0.137. The molecule has 1 rings (SSSR count). The smallest absolute Gasteiger partial charge is 0.335 e. The summed E-state index contributed by atoms with van der Waals surface area (Å²) in [6.07, 6.45) is 3.16. The number of rotatable bonds is 5. The Morgan fingerprint density at radius 3 is 2.16 bits per heavy atom. The third kappa shape index (κ3) is 9.35. The molecule has 0 unspecified atom stereocenters. The van der Waals surface area contributed by atoms with E-state index in [9.17, 15) is 9.59 Å². The van der Waals surface area contributed by atoms with Crippen molar-refractivity contribution in [3.8, 4) is 5.75 Å². The normalized spacial score (nSPS) is 8.47. The van der Waals surface area contributed by atoms with Crippen LogP contribution in [0.3, 0.4) is 0 Å². The fourth-order valence-electron chi connectivity index (χ4n) is 0.908. The maximum atomic E-state index is 10.6. The average Bonchev–Trinajstić information content (AvgIpc) is 2.46. The predicted octanol–water partition coefficient (Wildman–Crippen LogP) is 2.90. The van der Waals surface area contributed by atoms with Gasteiger partial charge in [0.15, 0.2) is 0 Å². The molecule has 0 spiro atoms. The third-order valence-corrected chi connectivity index (χ3v) is 1.74. The van der Waals surface area contributed by atoms with Crippen LogP contribution >= 0.6 is 0 Å². The number of para-hydroxylation sites is 1. The van der Waals surface area contributed by atoms with Gasteiger partial charge in [0, 0.05) is 12.2 Å². The molecule has 0 atom stereocenters. The molecule has 0 radical (unpaired) electrons. The molecule has 0 aliphatic carbocycles. The molecule has 0 aromatic heterocycles. The zero-order chi connectivity index (χ0) is 14.5. The maximum absolute atomic E-state index is 10.6. The second kappa shape index (κ2) is 10.8. The van der Waals surface area contributed by atoms with Gasteiger partial charge in [0.25, 0.3) is 0 Å². The van der Waals surface area contributed by atoms with Crippen molar-refractivity contribution in [1.82, 2.24) is 0 Å². The van der Waals surface area contributed by atoms with Gasteiger partial charge < -0.3 is 9.47 Å². The van der Waals surface area contributed by atoms with Crippen LogP contribution in [0, 0.1) is 0 Å². The zero-order valence-corrected chi connectivity index (χ0v) is 11.0. The summed E-state index contributed by atoms with van der Waals surface area (Å²) < 4.78 is 9.39. The number of carbonyl (C=O) groups excluding carboxylic acids is 2. The van der Waals surface area contributed by atoms with E-state index < -0.39 is 5.97 Å². The standard InChI is InChI=1S/C9H8O2.C6H10O2/c1-2-9(10)11-8-6-4-3-5-7-8;1-3-5-8-6(7)4-2/h2-7H,1H2;4H,2-3,5H2,1H3. The van der Waals surface area contributed by atoms with Crippen molar-refractivity contribution in [2.45, 2.75) is 13.3 Å². The fraction of sp³-hybridized carbons (Fsp3) is 0.200. The molecule has 0 N–H and O–H groups in total. The predicted molar refractivity (Wildman–Crippen MR) is 73.7 cm³/mol. The molecule has 19 heavy (non-hydrogen) atoms. The molecular formula is C15H18O4.